The van der Waals surface area contributed by atoms with Crippen LogP contribution in [0.5, 0.6) is 0 Å². The second-order valence-electron chi connectivity index (χ2n) is 13.9. The van der Waals surface area contributed by atoms with Gasteiger partial charge in [0.15, 0.2) is 0 Å². The van der Waals surface area contributed by atoms with Crippen molar-refractivity contribution in [1.82, 2.24) is 0 Å². The summed E-state index contributed by atoms with van der Waals surface area (Å²) in [5.74, 6) is 0. The molecule has 0 spiro atoms. The van der Waals surface area contributed by atoms with Crippen LogP contribution < -0.4 is 11.5 Å². The highest BCUT2D eigenvalue weighted by atomic mass is 14.5. The zero-order valence-corrected chi connectivity index (χ0v) is 29.7. The molecule has 2 heteroatoms. The third-order valence-electron chi connectivity index (χ3n) is 9.82. The number of hydrogen-bond acceptors (Lipinski definition) is 2. The number of aryl methyl sites for hydroxylation is 4. The number of unbranched alkanes of at least 4 members (excludes halogenated alkanes) is 10. The molecule has 0 bridgehead atoms. The smallest absolute Gasteiger partial charge is 0.0314 e. The van der Waals surface area contributed by atoms with Gasteiger partial charge in [-0.2, -0.15) is 0 Å². The number of nitrogen functional groups attached to an aromatic ring is 2. The summed E-state index contributed by atoms with van der Waals surface area (Å²) in [5, 5.41) is 0. The van der Waals surface area contributed by atoms with Crippen LogP contribution in [0.25, 0.3) is 0 Å². The van der Waals surface area contributed by atoms with E-state index in [1.54, 1.807) is 11.1 Å². The van der Waals surface area contributed by atoms with Gasteiger partial charge in [0.1, 0.15) is 0 Å². The molecule has 2 nitrogen and oxygen atoms in total. The third kappa shape index (κ3) is 13.3. The first-order valence-electron chi connectivity index (χ1n) is 18.9. The van der Waals surface area contributed by atoms with Gasteiger partial charge in [-0.3, -0.25) is 0 Å². The van der Waals surface area contributed by atoms with Gasteiger partial charge in [-0.15, -0.1) is 0 Å². The van der Waals surface area contributed by atoms with Crippen molar-refractivity contribution < 1.29 is 0 Å². The molecule has 0 unspecified atom stereocenters. The Labute approximate surface area is 287 Å². The van der Waals surface area contributed by atoms with Crippen LogP contribution in [0.2, 0.25) is 0 Å². The Morgan fingerprint density at radius 3 is 1.09 bits per heavy atom. The van der Waals surface area contributed by atoms with Gasteiger partial charge >= 0.3 is 0 Å². The Bertz CT molecular complexity index is 1320. The Kier molecular flexibility index (Phi) is 16.0. The molecule has 0 heterocycles. The fraction of sp³-hybridized carbons (Fsp3) is 0.467. The maximum atomic E-state index is 5.95. The van der Waals surface area contributed by atoms with Crippen LogP contribution in [-0.2, 0) is 38.5 Å². The largest absolute Gasteiger partial charge is 0.399 e. The summed E-state index contributed by atoms with van der Waals surface area (Å²) in [5.41, 5.74) is 25.3. The van der Waals surface area contributed by atoms with Crippen LogP contribution in [0.15, 0.2) is 84.9 Å². The first kappa shape index (κ1) is 36.3. The first-order chi connectivity index (χ1) is 23.0. The highest BCUT2D eigenvalue weighted by molar-refractivity contribution is 5.43. The summed E-state index contributed by atoms with van der Waals surface area (Å²) in [6, 6.07) is 31.5. The molecule has 4 rings (SSSR count). The Hall–Kier alpha value is -3.52. The summed E-state index contributed by atoms with van der Waals surface area (Å²) >= 11 is 0. The van der Waals surface area contributed by atoms with Crippen molar-refractivity contribution >= 4 is 11.4 Å². The minimum Gasteiger partial charge on any atom is -0.399 e. The van der Waals surface area contributed by atoms with Gasteiger partial charge in [0, 0.05) is 11.4 Å². The first-order valence-corrected chi connectivity index (χ1v) is 18.9. The van der Waals surface area contributed by atoms with Crippen molar-refractivity contribution in [3.8, 4) is 0 Å². The van der Waals surface area contributed by atoms with E-state index in [4.69, 9.17) is 11.5 Å². The lowest BCUT2D eigenvalue weighted by atomic mass is 9.92. The van der Waals surface area contributed by atoms with E-state index < -0.39 is 0 Å². The molecular weight excluding hydrogens is 569 g/mol. The molecule has 47 heavy (non-hydrogen) atoms. The van der Waals surface area contributed by atoms with Gasteiger partial charge < -0.3 is 11.5 Å². The van der Waals surface area contributed by atoms with Crippen molar-refractivity contribution in [1.29, 1.82) is 0 Å². The van der Waals surface area contributed by atoms with Crippen LogP contribution in [0, 0.1) is 0 Å². The molecule has 0 atom stereocenters. The average molecular weight is 631 g/mol. The average Bonchev–Trinajstić information content (AvgIpc) is 3.08. The lowest BCUT2D eigenvalue weighted by molar-refractivity contribution is 0.630. The van der Waals surface area contributed by atoms with Gasteiger partial charge in [-0.05, 0) is 133 Å². The molecule has 0 fully saturated rings. The van der Waals surface area contributed by atoms with Gasteiger partial charge in [0.2, 0.25) is 0 Å². The topological polar surface area (TPSA) is 52.0 Å². The molecule has 252 valence electrons. The fourth-order valence-electron chi connectivity index (χ4n) is 6.86. The quantitative estimate of drug-likeness (QED) is 0.0670. The van der Waals surface area contributed by atoms with E-state index in [9.17, 15) is 0 Å². The fourth-order valence-corrected chi connectivity index (χ4v) is 6.86. The molecule has 4 aromatic rings. The maximum Gasteiger partial charge on any atom is 0.0314 e. The Balaban J connectivity index is 1.31. The van der Waals surface area contributed by atoms with Crippen molar-refractivity contribution in [3.05, 3.63) is 129 Å². The highest BCUT2D eigenvalue weighted by Gasteiger charge is 2.09. The SMILES string of the molecule is CCCCCCCc1cc(CCCCCc2ccc(Cc3ccc(N)cc3)c(CCCCCCC)c2)ccc1Cc1ccc(N)cc1. The summed E-state index contributed by atoms with van der Waals surface area (Å²) in [7, 11) is 0. The van der Waals surface area contributed by atoms with E-state index in [0.29, 0.717) is 0 Å². The molecule has 0 aromatic heterocycles. The third-order valence-corrected chi connectivity index (χ3v) is 9.82. The highest BCUT2D eigenvalue weighted by Crippen LogP contribution is 2.24. The molecule has 0 amide bonds. The Morgan fingerprint density at radius 2 is 0.681 bits per heavy atom. The molecule has 0 saturated heterocycles. The van der Waals surface area contributed by atoms with Crippen LogP contribution in [0.4, 0.5) is 11.4 Å². The number of rotatable bonds is 22. The summed E-state index contributed by atoms with van der Waals surface area (Å²) in [6.07, 6.45) is 23.8. The molecule has 0 aliphatic rings. The maximum absolute atomic E-state index is 5.95. The van der Waals surface area contributed by atoms with E-state index in [1.807, 2.05) is 24.3 Å². The van der Waals surface area contributed by atoms with E-state index in [2.05, 4.69) is 74.5 Å². The lowest BCUT2D eigenvalue weighted by Crippen LogP contribution is -2.00. The zero-order valence-electron chi connectivity index (χ0n) is 29.7. The molecule has 4 N–H and O–H groups in total. The summed E-state index contributed by atoms with van der Waals surface area (Å²) in [4.78, 5) is 0. The molecular formula is C45H62N2. The predicted octanol–water partition coefficient (Wildman–Crippen LogP) is 12.0. The summed E-state index contributed by atoms with van der Waals surface area (Å²) in [6.45, 7) is 4.59. The normalized spacial score (nSPS) is 11.3. The van der Waals surface area contributed by atoms with Gasteiger partial charge in [-0.25, -0.2) is 0 Å². The van der Waals surface area contributed by atoms with Crippen LogP contribution >= 0.6 is 0 Å². The lowest BCUT2D eigenvalue weighted by Gasteiger charge is -2.14. The standard InChI is InChI=1S/C45H62N2/c1-3-5-7-9-14-18-40-32-36(20-26-42(40)34-38-22-28-44(46)29-23-38)16-12-11-13-17-37-21-27-43(35-39-24-30-45(47)31-25-39)41(33-37)19-15-10-8-6-4-2/h20-33H,3-19,34-35,46-47H2,1-2H3. The van der Waals surface area contributed by atoms with E-state index in [-0.39, 0.29) is 0 Å². The van der Waals surface area contributed by atoms with Crippen molar-refractivity contribution in [2.75, 3.05) is 11.5 Å². The van der Waals surface area contributed by atoms with Gasteiger partial charge in [0.25, 0.3) is 0 Å². The Morgan fingerprint density at radius 1 is 0.340 bits per heavy atom. The zero-order chi connectivity index (χ0) is 33.1. The number of benzene rings is 4. The molecule has 0 saturated carbocycles. The van der Waals surface area contributed by atoms with Crippen molar-refractivity contribution in [2.45, 2.75) is 136 Å². The second-order valence-corrected chi connectivity index (χ2v) is 13.9. The molecule has 0 aliphatic heterocycles. The van der Waals surface area contributed by atoms with E-state index in [0.717, 1.165) is 24.2 Å². The molecule has 0 radical (unpaired) electrons. The van der Waals surface area contributed by atoms with E-state index >= 15 is 0 Å². The second kappa shape index (κ2) is 20.7. The number of hydrogen-bond donors (Lipinski definition) is 2. The monoisotopic (exact) mass is 630 g/mol. The van der Waals surface area contributed by atoms with Crippen molar-refractivity contribution in [2.24, 2.45) is 0 Å². The molecule has 0 aliphatic carbocycles. The van der Waals surface area contributed by atoms with Gasteiger partial charge in [-0.1, -0.05) is 132 Å². The minimum atomic E-state index is 0.838. The summed E-state index contributed by atoms with van der Waals surface area (Å²) < 4.78 is 0. The minimum absolute atomic E-state index is 0.838. The van der Waals surface area contributed by atoms with E-state index in [1.165, 1.54) is 143 Å². The number of anilines is 2. The predicted molar refractivity (Wildman–Crippen MR) is 206 cm³/mol. The molecule has 4 aromatic carbocycles. The van der Waals surface area contributed by atoms with Crippen LogP contribution in [0.3, 0.4) is 0 Å². The van der Waals surface area contributed by atoms with Crippen molar-refractivity contribution in [3.63, 3.8) is 0 Å². The number of nitrogens with two attached hydrogens (primary N) is 2. The van der Waals surface area contributed by atoms with Gasteiger partial charge in [0.05, 0.1) is 0 Å². The van der Waals surface area contributed by atoms with Crippen LogP contribution in [0.1, 0.15) is 142 Å². The van der Waals surface area contributed by atoms with Crippen LogP contribution in [-0.4, -0.2) is 0 Å².